The Kier molecular flexibility index (Phi) is 4.70. The van der Waals surface area contributed by atoms with E-state index in [1.807, 2.05) is 77.9 Å². The molecule has 0 saturated heterocycles. The molecule has 4 heteroatoms. The summed E-state index contributed by atoms with van der Waals surface area (Å²) in [5.74, 6) is -0.0849. The Labute approximate surface area is 143 Å². The first-order valence-electron chi connectivity index (χ1n) is 8.15. The molecule has 2 N–H and O–H groups in total. The van der Waals surface area contributed by atoms with Crippen molar-refractivity contribution < 1.29 is 9.59 Å². The molecule has 0 aliphatic heterocycles. The zero-order valence-corrected chi connectivity index (χ0v) is 15.3. The molecule has 0 saturated carbocycles. The molecular weight excluding hydrogens is 300 g/mol. The van der Waals surface area contributed by atoms with E-state index < -0.39 is 10.8 Å². The molecule has 0 unspecified atom stereocenters. The predicted molar refractivity (Wildman–Crippen MR) is 100 cm³/mol. The highest BCUT2D eigenvalue weighted by Crippen LogP contribution is 2.31. The number of fused-ring (bicyclic) bond motifs is 1. The Bertz CT molecular complexity index is 713. The molecule has 24 heavy (non-hydrogen) atoms. The van der Waals surface area contributed by atoms with Crippen LogP contribution in [0.15, 0.2) is 36.4 Å². The summed E-state index contributed by atoms with van der Waals surface area (Å²) in [5, 5.41) is 7.78. The van der Waals surface area contributed by atoms with Gasteiger partial charge in [-0.15, -0.1) is 0 Å². The van der Waals surface area contributed by atoms with Gasteiger partial charge in [0.2, 0.25) is 11.8 Å². The molecular formula is C20H26N2O2. The summed E-state index contributed by atoms with van der Waals surface area (Å²) in [6, 6.07) is 11.4. The number of carbonyl (C=O) groups excluding carboxylic acids is 2. The van der Waals surface area contributed by atoms with E-state index >= 15 is 0 Å². The molecule has 0 spiro atoms. The van der Waals surface area contributed by atoms with Gasteiger partial charge in [-0.25, -0.2) is 0 Å². The largest absolute Gasteiger partial charge is 0.325 e. The third-order valence-corrected chi connectivity index (χ3v) is 3.78. The van der Waals surface area contributed by atoms with E-state index in [1.165, 1.54) is 0 Å². The van der Waals surface area contributed by atoms with Crippen LogP contribution in [-0.2, 0) is 9.59 Å². The summed E-state index contributed by atoms with van der Waals surface area (Å²) in [4.78, 5) is 24.6. The molecule has 2 aromatic carbocycles. The third kappa shape index (κ3) is 3.94. The molecule has 2 rings (SSSR count). The quantitative estimate of drug-likeness (QED) is 0.832. The Morgan fingerprint density at radius 2 is 1.00 bits per heavy atom. The van der Waals surface area contributed by atoms with Crippen molar-refractivity contribution >= 4 is 34.0 Å². The highest BCUT2D eigenvalue weighted by atomic mass is 16.2. The molecule has 0 heterocycles. The lowest BCUT2D eigenvalue weighted by Crippen LogP contribution is -2.28. The van der Waals surface area contributed by atoms with Crippen LogP contribution in [0.1, 0.15) is 41.5 Å². The zero-order valence-electron chi connectivity index (χ0n) is 15.3. The highest BCUT2D eigenvalue weighted by Gasteiger charge is 2.23. The summed E-state index contributed by atoms with van der Waals surface area (Å²) in [7, 11) is 0. The lowest BCUT2D eigenvalue weighted by molar-refractivity contribution is -0.123. The second-order valence-corrected chi connectivity index (χ2v) is 8.11. The van der Waals surface area contributed by atoms with E-state index in [-0.39, 0.29) is 11.8 Å². The number of hydrogen-bond acceptors (Lipinski definition) is 2. The van der Waals surface area contributed by atoms with Gasteiger partial charge in [0.1, 0.15) is 0 Å². The average molecular weight is 326 g/mol. The Morgan fingerprint density at radius 3 is 1.29 bits per heavy atom. The molecule has 0 bridgehead atoms. The number of anilines is 2. The van der Waals surface area contributed by atoms with Gasteiger partial charge in [-0.2, -0.15) is 0 Å². The fourth-order valence-electron chi connectivity index (χ4n) is 2.15. The molecule has 128 valence electrons. The van der Waals surface area contributed by atoms with Crippen molar-refractivity contribution in [2.75, 3.05) is 10.6 Å². The van der Waals surface area contributed by atoms with Crippen molar-refractivity contribution in [1.82, 2.24) is 0 Å². The standard InChI is InChI=1S/C20H26N2O2/c1-19(2,3)17(23)21-15-11-7-10-14-13(15)9-8-12-16(14)22-18(24)20(4,5)6/h7-12H,1-6H3,(H,21,23)(H,22,24). The van der Waals surface area contributed by atoms with Gasteiger partial charge in [-0.1, -0.05) is 65.8 Å². The molecule has 0 aliphatic carbocycles. The minimum absolute atomic E-state index is 0.0425. The smallest absolute Gasteiger partial charge is 0.229 e. The number of benzene rings is 2. The molecule has 0 radical (unpaired) electrons. The van der Waals surface area contributed by atoms with Crippen LogP contribution in [0.3, 0.4) is 0 Å². The van der Waals surface area contributed by atoms with E-state index in [2.05, 4.69) is 10.6 Å². The highest BCUT2D eigenvalue weighted by molar-refractivity contribution is 6.10. The van der Waals surface area contributed by atoms with Crippen LogP contribution in [0.2, 0.25) is 0 Å². The second kappa shape index (κ2) is 6.27. The number of rotatable bonds is 2. The summed E-state index contributed by atoms with van der Waals surface area (Å²) < 4.78 is 0. The molecule has 0 atom stereocenters. The van der Waals surface area contributed by atoms with Gasteiger partial charge in [-0.05, 0) is 12.1 Å². The van der Waals surface area contributed by atoms with Gasteiger partial charge < -0.3 is 10.6 Å². The van der Waals surface area contributed by atoms with E-state index in [9.17, 15) is 9.59 Å². The van der Waals surface area contributed by atoms with E-state index in [4.69, 9.17) is 0 Å². The maximum absolute atomic E-state index is 12.3. The van der Waals surface area contributed by atoms with Crippen molar-refractivity contribution in [2.45, 2.75) is 41.5 Å². The van der Waals surface area contributed by atoms with Crippen molar-refractivity contribution in [3.05, 3.63) is 36.4 Å². The van der Waals surface area contributed by atoms with E-state index in [0.29, 0.717) is 0 Å². The number of hydrogen-bond donors (Lipinski definition) is 2. The lowest BCUT2D eigenvalue weighted by atomic mass is 9.94. The summed E-state index contributed by atoms with van der Waals surface area (Å²) in [6.07, 6.45) is 0. The monoisotopic (exact) mass is 326 g/mol. The van der Waals surface area contributed by atoms with E-state index in [0.717, 1.165) is 22.1 Å². The van der Waals surface area contributed by atoms with Crippen molar-refractivity contribution in [3.63, 3.8) is 0 Å². The van der Waals surface area contributed by atoms with Crippen LogP contribution in [0, 0.1) is 10.8 Å². The van der Waals surface area contributed by atoms with Crippen molar-refractivity contribution in [1.29, 1.82) is 0 Å². The van der Waals surface area contributed by atoms with Gasteiger partial charge in [-0.3, -0.25) is 9.59 Å². The van der Waals surface area contributed by atoms with Crippen molar-refractivity contribution in [3.8, 4) is 0 Å². The minimum Gasteiger partial charge on any atom is -0.325 e. The lowest BCUT2D eigenvalue weighted by Gasteiger charge is -2.20. The molecule has 2 amide bonds. The van der Waals surface area contributed by atoms with Crippen LogP contribution < -0.4 is 10.6 Å². The van der Waals surface area contributed by atoms with Gasteiger partial charge >= 0.3 is 0 Å². The summed E-state index contributed by atoms with van der Waals surface area (Å²) >= 11 is 0. The molecule has 2 aromatic rings. The number of nitrogens with one attached hydrogen (secondary N) is 2. The summed E-state index contributed by atoms with van der Waals surface area (Å²) in [5.41, 5.74) is 0.555. The molecule has 0 aliphatic rings. The van der Waals surface area contributed by atoms with Crippen LogP contribution in [0.5, 0.6) is 0 Å². The summed E-state index contributed by atoms with van der Waals surface area (Å²) in [6.45, 7) is 11.3. The minimum atomic E-state index is -0.472. The predicted octanol–water partition coefficient (Wildman–Crippen LogP) is 4.81. The maximum atomic E-state index is 12.3. The Balaban J connectivity index is 2.43. The van der Waals surface area contributed by atoms with Crippen LogP contribution in [0.4, 0.5) is 11.4 Å². The normalized spacial score (nSPS) is 12.1. The van der Waals surface area contributed by atoms with Crippen molar-refractivity contribution in [2.24, 2.45) is 10.8 Å². The maximum Gasteiger partial charge on any atom is 0.229 e. The molecule has 4 nitrogen and oxygen atoms in total. The first-order valence-corrected chi connectivity index (χ1v) is 8.15. The number of carbonyl (C=O) groups is 2. The van der Waals surface area contributed by atoms with E-state index in [1.54, 1.807) is 0 Å². The average Bonchev–Trinajstić information content (AvgIpc) is 2.46. The van der Waals surface area contributed by atoms with Gasteiger partial charge in [0.15, 0.2) is 0 Å². The molecule has 0 aromatic heterocycles. The zero-order chi connectivity index (χ0) is 18.1. The molecule has 0 fully saturated rings. The van der Waals surface area contributed by atoms with Crippen LogP contribution in [-0.4, -0.2) is 11.8 Å². The SMILES string of the molecule is CC(C)(C)C(=O)Nc1cccc2c(NC(=O)C(C)(C)C)cccc12. The Morgan fingerprint density at radius 1 is 0.667 bits per heavy atom. The van der Waals surface area contributed by atoms with Gasteiger partial charge in [0.25, 0.3) is 0 Å². The third-order valence-electron chi connectivity index (χ3n) is 3.78. The number of amides is 2. The first kappa shape index (κ1) is 18.0. The van der Waals surface area contributed by atoms with Crippen LogP contribution >= 0.6 is 0 Å². The van der Waals surface area contributed by atoms with Gasteiger partial charge in [0, 0.05) is 33.0 Å². The second-order valence-electron chi connectivity index (χ2n) is 8.11. The van der Waals surface area contributed by atoms with Gasteiger partial charge in [0.05, 0.1) is 0 Å². The Hall–Kier alpha value is -2.36. The first-order chi connectivity index (χ1) is 11.0. The van der Waals surface area contributed by atoms with Crippen LogP contribution in [0.25, 0.3) is 10.8 Å². The fraction of sp³-hybridized carbons (Fsp3) is 0.400. The fourth-order valence-corrected chi connectivity index (χ4v) is 2.15. The topological polar surface area (TPSA) is 58.2 Å².